The van der Waals surface area contributed by atoms with Crippen LogP contribution >= 0.6 is 0 Å². The molecular formula is C16H20FN3O. The number of amides is 1. The fourth-order valence-electron chi connectivity index (χ4n) is 2.00. The maximum atomic E-state index is 13.0. The second kappa shape index (κ2) is 7.02. The number of allylic oxidation sites excluding steroid dienone is 3. The van der Waals surface area contributed by atoms with Gasteiger partial charge in [0, 0.05) is 19.2 Å². The van der Waals surface area contributed by atoms with E-state index in [-0.39, 0.29) is 11.9 Å². The van der Waals surface area contributed by atoms with Gasteiger partial charge in [-0.15, -0.1) is 0 Å². The summed E-state index contributed by atoms with van der Waals surface area (Å²) in [5.41, 5.74) is 1.23. The first-order valence-corrected chi connectivity index (χ1v) is 7.10. The Balaban J connectivity index is 1.76. The number of hydrogen-bond donors (Lipinski definition) is 1. The van der Waals surface area contributed by atoms with E-state index in [2.05, 4.69) is 17.2 Å². The van der Waals surface area contributed by atoms with E-state index < -0.39 is 5.95 Å². The van der Waals surface area contributed by atoms with E-state index in [4.69, 9.17) is 0 Å². The van der Waals surface area contributed by atoms with Gasteiger partial charge in [0.25, 0.3) is 0 Å². The lowest BCUT2D eigenvalue weighted by atomic mass is 10.1. The Labute approximate surface area is 124 Å². The van der Waals surface area contributed by atoms with Crippen LogP contribution in [0.2, 0.25) is 0 Å². The molecule has 0 unspecified atom stereocenters. The molecule has 0 bridgehead atoms. The first kappa shape index (κ1) is 15.2. The van der Waals surface area contributed by atoms with Gasteiger partial charge >= 0.3 is 0 Å². The molecule has 0 radical (unpaired) electrons. The Kier molecular flexibility index (Phi) is 5.09. The summed E-state index contributed by atoms with van der Waals surface area (Å²) >= 11 is 0. The van der Waals surface area contributed by atoms with Crippen molar-refractivity contribution in [2.45, 2.75) is 26.3 Å². The number of nitrogens with zero attached hydrogens (tertiary/aromatic N) is 2. The van der Waals surface area contributed by atoms with Crippen LogP contribution in [0.1, 0.15) is 20.3 Å². The lowest BCUT2D eigenvalue weighted by Crippen LogP contribution is -2.59. The number of rotatable bonds is 5. The summed E-state index contributed by atoms with van der Waals surface area (Å²) < 4.78 is 13.0. The third-order valence-corrected chi connectivity index (χ3v) is 3.44. The molecule has 2 rings (SSSR count). The lowest BCUT2D eigenvalue weighted by Gasteiger charge is -2.40. The van der Waals surface area contributed by atoms with Crippen LogP contribution in [0, 0.1) is 5.95 Å². The van der Waals surface area contributed by atoms with Crippen molar-refractivity contribution in [3.05, 3.63) is 47.9 Å². The number of anilines is 1. The molecule has 5 heteroatoms. The Bertz CT molecular complexity index is 562. The van der Waals surface area contributed by atoms with Gasteiger partial charge < -0.3 is 10.2 Å². The molecule has 1 aliphatic rings. The summed E-state index contributed by atoms with van der Waals surface area (Å²) in [4.78, 5) is 17.4. The number of carbonyl (C=O) groups excluding carboxylic acids is 1. The van der Waals surface area contributed by atoms with Crippen molar-refractivity contribution in [2.24, 2.45) is 0 Å². The third-order valence-electron chi connectivity index (χ3n) is 3.44. The minimum Gasteiger partial charge on any atom is -0.352 e. The number of hydrogen-bond acceptors (Lipinski definition) is 3. The maximum Gasteiger partial charge on any atom is 0.244 e. The van der Waals surface area contributed by atoms with Crippen molar-refractivity contribution < 1.29 is 9.18 Å². The molecule has 1 fully saturated rings. The summed E-state index contributed by atoms with van der Waals surface area (Å²) in [5.74, 6) is 0.0190. The lowest BCUT2D eigenvalue weighted by molar-refractivity contribution is -0.117. The summed E-state index contributed by atoms with van der Waals surface area (Å²) in [6, 6.07) is 4.80. The van der Waals surface area contributed by atoms with Crippen LogP contribution in [0.15, 0.2) is 42.0 Å². The van der Waals surface area contributed by atoms with Crippen LogP contribution < -0.4 is 10.2 Å². The van der Waals surface area contributed by atoms with Gasteiger partial charge in [0.15, 0.2) is 0 Å². The Morgan fingerprint density at radius 3 is 2.95 bits per heavy atom. The van der Waals surface area contributed by atoms with Gasteiger partial charge in [0.2, 0.25) is 11.9 Å². The minimum absolute atomic E-state index is 0.0865. The summed E-state index contributed by atoms with van der Waals surface area (Å²) in [5, 5.41) is 2.90. The first-order valence-electron chi connectivity index (χ1n) is 7.10. The number of carbonyl (C=O) groups is 1. The van der Waals surface area contributed by atoms with Crippen LogP contribution in [-0.4, -0.2) is 30.0 Å². The Morgan fingerprint density at radius 1 is 1.52 bits per heavy atom. The maximum absolute atomic E-state index is 13.0. The van der Waals surface area contributed by atoms with Crippen LogP contribution in [0.4, 0.5) is 10.2 Å². The second-order valence-electron chi connectivity index (χ2n) is 5.15. The second-order valence-corrected chi connectivity index (χ2v) is 5.15. The molecule has 112 valence electrons. The van der Waals surface area contributed by atoms with E-state index in [9.17, 15) is 9.18 Å². The number of pyridine rings is 1. The highest BCUT2D eigenvalue weighted by Gasteiger charge is 2.28. The predicted molar refractivity (Wildman–Crippen MR) is 81.5 cm³/mol. The largest absolute Gasteiger partial charge is 0.352 e. The van der Waals surface area contributed by atoms with Gasteiger partial charge in [0.1, 0.15) is 5.82 Å². The van der Waals surface area contributed by atoms with Crippen LogP contribution in [0.5, 0.6) is 0 Å². The molecule has 4 nitrogen and oxygen atoms in total. The quantitative estimate of drug-likeness (QED) is 0.514. The molecule has 1 aliphatic heterocycles. The zero-order chi connectivity index (χ0) is 15.2. The van der Waals surface area contributed by atoms with Crippen molar-refractivity contribution in [3.8, 4) is 0 Å². The van der Waals surface area contributed by atoms with E-state index in [1.54, 1.807) is 18.2 Å². The van der Waals surface area contributed by atoms with E-state index in [1.807, 2.05) is 17.9 Å². The molecular weight excluding hydrogens is 269 g/mol. The fourth-order valence-corrected chi connectivity index (χ4v) is 2.00. The molecule has 21 heavy (non-hydrogen) atoms. The molecule has 1 amide bonds. The minimum atomic E-state index is -0.485. The predicted octanol–water partition coefficient (Wildman–Crippen LogP) is 2.44. The normalized spacial score (nSPS) is 16.1. The topological polar surface area (TPSA) is 45.2 Å². The Hall–Kier alpha value is -2.17. The molecule has 1 saturated heterocycles. The van der Waals surface area contributed by atoms with E-state index in [0.29, 0.717) is 18.9 Å². The zero-order valence-corrected chi connectivity index (χ0v) is 12.3. The van der Waals surface area contributed by atoms with Crippen LogP contribution in [0.25, 0.3) is 0 Å². The standard InChI is InChI=1S/C16H20FN3O/c1-3-12(2)6-4-9-16(21)18-13-10-20(11-13)15-8-5-7-14(17)19-15/h4-9,13H,3,10-11H2,1-2H3,(H,18,21)/b9-4+,12-6+. The van der Waals surface area contributed by atoms with E-state index in [1.165, 1.54) is 17.7 Å². The van der Waals surface area contributed by atoms with Gasteiger partial charge in [-0.05, 0) is 25.5 Å². The fraction of sp³-hybridized carbons (Fsp3) is 0.375. The molecule has 1 aromatic heterocycles. The van der Waals surface area contributed by atoms with Crippen molar-refractivity contribution in [3.63, 3.8) is 0 Å². The summed E-state index contributed by atoms with van der Waals surface area (Å²) in [6.07, 6.45) is 6.20. The van der Waals surface area contributed by atoms with Gasteiger partial charge in [-0.2, -0.15) is 4.39 Å². The van der Waals surface area contributed by atoms with E-state index >= 15 is 0 Å². The monoisotopic (exact) mass is 289 g/mol. The average Bonchev–Trinajstić information content (AvgIpc) is 2.42. The van der Waals surface area contributed by atoms with Gasteiger partial charge in [-0.1, -0.05) is 30.7 Å². The highest BCUT2D eigenvalue weighted by atomic mass is 19.1. The Morgan fingerprint density at radius 2 is 2.29 bits per heavy atom. The van der Waals surface area contributed by atoms with Crippen LogP contribution in [-0.2, 0) is 4.79 Å². The molecule has 0 aromatic carbocycles. The average molecular weight is 289 g/mol. The number of aromatic nitrogens is 1. The molecule has 0 spiro atoms. The van der Waals surface area contributed by atoms with Crippen molar-refractivity contribution in [1.29, 1.82) is 0 Å². The van der Waals surface area contributed by atoms with Crippen molar-refractivity contribution in [2.75, 3.05) is 18.0 Å². The zero-order valence-electron chi connectivity index (χ0n) is 12.3. The molecule has 2 heterocycles. The molecule has 0 aliphatic carbocycles. The number of nitrogens with one attached hydrogen (secondary N) is 1. The summed E-state index contributed by atoms with van der Waals surface area (Å²) in [6.45, 7) is 5.40. The van der Waals surface area contributed by atoms with Gasteiger partial charge in [-0.3, -0.25) is 4.79 Å². The molecule has 1 aromatic rings. The number of halogens is 1. The van der Waals surface area contributed by atoms with Crippen molar-refractivity contribution in [1.82, 2.24) is 10.3 Å². The van der Waals surface area contributed by atoms with E-state index in [0.717, 1.165) is 6.42 Å². The SMILES string of the molecule is CC/C(C)=C/C=C/C(=O)NC1CN(c2cccc(F)n2)C1. The van der Waals surface area contributed by atoms with Gasteiger partial charge in [0.05, 0.1) is 6.04 Å². The van der Waals surface area contributed by atoms with Crippen LogP contribution in [0.3, 0.4) is 0 Å². The smallest absolute Gasteiger partial charge is 0.244 e. The highest BCUT2D eigenvalue weighted by Crippen LogP contribution is 2.18. The highest BCUT2D eigenvalue weighted by molar-refractivity contribution is 5.88. The summed E-state index contributed by atoms with van der Waals surface area (Å²) in [7, 11) is 0. The van der Waals surface area contributed by atoms with Gasteiger partial charge in [-0.25, -0.2) is 4.98 Å². The molecule has 0 saturated carbocycles. The third kappa shape index (κ3) is 4.41. The molecule has 0 atom stereocenters. The first-order chi connectivity index (χ1) is 10.1. The molecule has 1 N–H and O–H groups in total. The van der Waals surface area contributed by atoms with Crippen molar-refractivity contribution >= 4 is 11.7 Å².